The Morgan fingerprint density at radius 1 is 1.12 bits per heavy atom. The summed E-state index contributed by atoms with van der Waals surface area (Å²) < 4.78 is 5.52. The van der Waals surface area contributed by atoms with Crippen molar-refractivity contribution in [1.29, 1.82) is 0 Å². The van der Waals surface area contributed by atoms with Crippen LogP contribution >= 0.6 is 11.6 Å². The summed E-state index contributed by atoms with van der Waals surface area (Å²) in [5.41, 5.74) is 3.27. The number of aromatic nitrogens is 1. The van der Waals surface area contributed by atoms with Gasteiger partial charge in [-0.1, -0.05) is 24.3 Å². The highest BCUT2D eigenvalue weighted by molar-refractivity contribution is 6.18. The van der Waals surface area contributed by atoms with Gasteiger partial charge in [0.25, 0.3) is 0 Å². The molecule has 0 aliphatic heterocycles. The molecule has 0 atom stereocenters. The molecule has 0 unspecified atom stereocenters. The van der Waals surface area contributed by atoms with Crippen LogP contribution in [0.15, 0.2) is 54.9 Å². The van der Waals surface area contributed by atoms with Crippen LogP contribution in [0.25, 0.3) is 21.9 Å². The molecule has 134 valence electrons. The molecular weight excluding hydrogens is 348 g/mol. The molecule has 1 aromatic heterocycles. The maximum atomic E-state index is 11.7. The largest absolute Gasteiger partial charge is 0.494 e. The molecule has 4 nitrogen and oxygen atoms in total. The molecule has 0 fully saturated rings. The quantitative estimate of drug-likeness (QED) is 0.622. The number of nitrogens with one attached hydrogen (secondary N) is 1. The van der Waals surface area contributed by atoms with Crippen molar-refractivity contribution >= 4 is 28.3 Å². The van der Waals surface area contributed by atoms with E-state index < -0.39 is 0 Å². The van der Waals surface area contributed by atoms with Crippen molar-refractivity contribution in [2.45, 2.75) is 19.9 Å². The molecule has 0 aliphatic rings. The monoisotopic (exact) mass is 368 g/mol. The number of ether oxygens (including phenoxy) is 1. The van der Waals surface area contributed by atoms with Gasteiger partial charge in [-0.25, -0.2) is 0 Å². The zero-order chi connectivity index (χ0) is 18.4. The van der Waals surface area contributed by atoms with E-state index in [-0.39, 0.29) is 5.91 Å². The van der Waals surface area contributed by atoms with Crippen LogP contribution in [0.4, 0.5) is 0 Å². The van der Waals surface area contributed by atoms with Gasteiger partial charge in [0.15, 0.2) is 0 Å². The van der Waals surface area contributed by atoms with Gasteiger partial charge in [0.1, 0.15) is 5.75 Å². The second-order valence-corrected chi connectivity index (χ2v) is 6.24. The van der Waals surface area contributed by atoms with Gasteiger partial charge in [-0.3, -0.25) is 9.78 Å². The Morgan fingerprint density at radius 3 is 2.65 bits per heavy atom. The Kier molecular flexibility index (Phi) is 6.08. The minimum Gasteiger partial charge on any atom is -0.494 e. The lowest BCUT2D eigenvalue weighted by molar-refractivity contribution is -0.120. The van der Waals surface area contributed by atoms with Crippen molar-refractivity contribution in [3.63, 3.8) is 0 Å². The van der Waals surface area contributed by atoms with Gasteiger partial charge in [0, 0.05) is 36.6 Å². The van der Waals surface area contributed by atoms with Crippen LogP contribution in [0.5, 0.6) is 5.75 Å². The predicted molar refractivity (Wildman–Crippen MR) is 106 cm³/mol. The summed E-state index contributed by atoms with van der Waals surface area (Å²) in [6.07, 6.45) is 3.95. The van der Waals surface area contributed by atoms with Crippen LogP contribution in [0, 0.1) is 0 Å². The zero-order valence-corrected chi connectivity index (χ0v) is 15.4. The fourth-order valence-corrected chi connectivity index (χ4v) is 3.09. The zero-order valence-electron chi connectivity index (χ0n) is 14.7. The summed E-state index contributed by atoms with van der Waals surface area (Å²) in [6, 6.07) is 14.2. The van der Waals surface area contributed by atoms with E-state index in [9.17, 15) is 4.79 Å². The standard InChI is InChI=1S/C21H21ClN2O2/c1-2-26-17-6-3-15(4-7-17)18-8-5-16(13-24-21(25)9-11-22)20-14-23-12-10-19(18)20/h3-8,10,12,14H,2,9,11,13H2,1H3,(H,24,25). The van der Waals surface area contributed by atoms with E-state index in [4.69, 9.17) is 16.3 Å². The first-order chi connectivity index (χ1) is 12.7. The molecule has 0 aliphatic carbocycles. The first-order valence-electron chi connectivity index (χ1n) is 8.64. The maximum absolute atomic E-state index is 11.7. The van der Waals surface area contributed by atoms with Crippen LogP contribution < -0.4 is 10.1 Å². The normalized spacial score (nSPS) is 10.7. The fourth-order valence-electron chi connectivity index (χ4n) is 2.92. The van der Waals surface area contributed by atoms with Crippen molar-refractivity contribution in [1.82, 2.24) is 10.3 Å². The number of nitrogens with zero attached hydrogens (tertiary/aromatic N) is 1. The SMILES string of the molecule is CCOc1ccc(-c2ccc(CNC(=O)CCCl)c3cnccc23)cc1. The van der Waals surface area contributed by atoms with Gasteiger partial charge in [0.05, 0.1) is 6.61 Å². The lowest BCUT2D eigenvalue weighted by atomic mass is 9.96. The van der Waals surface area contributed by atoms with Crippen molar-refractivity contribution in [2.75, 3.05) is 12.5 Å². The highest BCUT2D eigenvalue weighted by atomic mass is 35.5. The van der Waals surface area contributed by atoms with E-state index >= 15 is 0 Å². The Morgan fingerprint density at radius 2 is 1.92 bits per heavy atom. The van der Waals surface area contributed by atoms with Crippen LogP contribution in [-0.4, -0.2) is 23.4 Å². The van der Waals surface area contributed by atoms with E-state index in [2.05, 4.69) is 28.5 Å². The molecule has 0 spiro atoms. The number of carbonyl (C=O) groups excluding carboxylic acids is 1. The van der Waals surface area contributed by atoms with Crippen LogP contribution in [-0.2, 0) is 11.3 Å². The van der Waals surface area contributed by atoms with Crippen molar-refractivity contribution < 1.29 is 9.53 Å². The molecule has 26 heavy (non-hydrogen) atoms. The number of hydrogen-bond donors (Lipinski definition) is 1. The molecule has 0 bridgehead atoms. The van der Waals surface area contributed by atoms with E-state index in [1.807, 2.05) is 37.4 Å². The Hall–Kier alpha value is -2.59. The lowest BCUT2D eigenvalue weighted by Gasteiger charge is -2.12. The average molecular weight is 369 g/mol. The number of benzene rings is 2. The summed E-state index contributed by atoms with van der Waals surface area (Å²) in [4.78, 5) is 16.0. The molecule has 5 heteroatoms. The molecule has 1 amide bonds. The Labute approximate surface area is 158 Å². The van der Waals surface area contributed by atoms with Crippen LogP contribution in [0.2, 0.25) is 0 Å². The second-order valence-electron chi connectivity index (χ2n) is 5.87. The molecule has 0 saturated heterocycles. The van der Waals surface area contributed by atoms with E-state index in [1.54, 1.807) is 6.20 Å². The third-order valence-corrected chi connectivity index (χ3v) is 4.37. The van der Waals surface area contributed by atoms with Crippen LogP contribution in [0.1, 0.15) is 18.9 Å². The predicted octanol–water partition coefficient (Wildman–Crippen LogP) is 4.55. The van der Waals surface area contributed by atoms with E-state index in [1.165, 1.54) is 0 Å². The highest BCUT2D eigenvalue weighted by Gasteiger charge is 2.09. The molecule has 1 N–H and O–H groups in total. The van der Waals surface area contributed by atoms with E-state index in [0.29, 0.717) is 25.5 Å². The molecule has 1 heterocycles. The number of amides is 1. The lowest BCUT2D eigenvalue weighted by Crippen LogP contribution is -2.22. The third-order valence-electron chi connectivity index (χ3n) is 4.18. The van der Waals surface area contributed by atoms with Gasteiger partial charge >= 0.3 is 0 Å². The number of rotatable bonds is 7. The topological polar surface area (TPSA) is 51.2 Å². The van der Waals surface area contributed by atoms with Gasteiger partial charge < -0.3 is 10.1 Å². The second kappa shape index (κ2) is 8.68. The Bertz CT molecular complexity index is 894. The number of carbonyl (C=O) groups is 1. The number of alkyl halides is 1. The molecule has 0 saturated carbocycles. The fraction of sp³-hybridized carbons (Fsp3) is 0.238. The van der Waals surface area contributed by atoms with Crippen molar-refractivity contribution in [3.05, 3.63) is 60.4 Å². The maximum Gasteiger partial charge on any atom is 0.221 e. The van der Waals surface area contributed by atoms with Gasteiger partial charge in [0.2, 0.25) is 5.91 Å². The molecule has 0 radical (unpaired) electrons. The smallest absolute Gasteiger partial charge is 0.221 e. The van der Waals surface area contributed by atoms with Crippen LogP contribution in [0.3, 0.4) is 0 Å². The molecular formula is C21H21ClN2O2. The Balaban J connectivity index is 1.93. The summed E-state index contributed by atoms with van der Waals surface area (Å²) in [6.45, 7) is 3.08. The minimum absolute atomic E-state index is 0.0485. The highest BCUT2D eigenvalue weighted by Crippen LogP contribution is 2.31. The number of halogens is 1. The van der Waals surface area contributed by atoms with E-state index in [0.717, 1.165) is 33.2 Å². The molecule has 2 aromatic carbocycles. The average Bonchev–Trinajstić information content (AvgIpc) is 2.67. The molecule has 3 aromatic rings. The number of fused-ring (bicyclic) bond motifs is 1. The summed E-state index contributed by atoms with van der Waals surface area (Å²) in [7, 11) is 0. The summed E-state index contributed by atoms with van der Waals surface area (Å²) >= 11 is 5.61. The third kappa shape index (κ3) is 4.14. The first kappa shape index (κ1) is 18.2. The van der Waals surface area contributed by atoms with Gasteiger partial charge in [-0.2, -0.15) is 0 Å². The number of hydrogen-bond acceptors (Lipinski definition) is 3. The van der Waals surface area contributed by atoms with Crippen molar-refractivity contribution in [3.8, 4) is 16.9 Å². The first-order valence-corrected chi connectivity index (χ1v) is 9.18. The van der Waals surface area contributed by atoms with Gasteiger partial charge in [-0.15, -0.1) is 11.6 Å². The number of pyridine rings is 1. The summed E-state index contributed by atoms with van der Waals surface area (Å²) in [5.74, 6) is 1.14. The molecule has 3 rings (SSSR count). The summed E-state index contributed by atoms with van der Waals surface area (Å²) in [5, 5.41) is 5.04. The minimum atomic E-state index is -0.0485. The van der Waals surface area contributed by atoms with Gasteiger partial charge in [-0.05, 0) is 47.2 Å². The van der Waals surface area contributed by atoms with Crippen molar-refractivity contribution in [2.24, 2.45) is 0 Å².